The Balaban J connectivity index is 1.36. The third kappa shape index (κ3) is 3.69. The molecule has 6 nitrogen and oxygen atoms in total. The van der Waals surface area contributed by atoms with E-state index in [0.717, 1.165) is 5.56 Å². The molecule has 0 spiro atoms. The molecule has 1 N–H and O–H groups in total. The molecule has 1 aliphatic heterocycles. The molecule has 0 fully saturated rings. The minimum absolute atomic E-state index is 0.155. The Bertz CT molecular complexity index is 906. The summed E-state index contributed by atoms with van der Waals surface area (Å²) < 4.78 is 12.9. The monoisotopic (exact) mass is 349 g/mol. The van der Waals surface area contributed by atoms with Crippen molar-refractivity contribution in [3.8, 4) is 11.5 Å². The Kier molecular flexibility index (Phi) is 4.55. The predicted molar refractivity (Wildman–Crippen MR) is 96.4 cm³/mol. The van der Waals surface area contributed by atoms with Crippen LogP contribution in [-0.2, 0) is 13.1 Å². The summed E-state index contributed by atoms with van der Waals surface area (Å²) in [5.41, 5.74) is 2.68. The first-order valence-electron chi connectivity index (χ1n) is 8.51. The van der Waals surface area contributed by atoms with E-state index in [1.807, 2.05) is 29.1 Å². The number of hydrogen-bond donors (Lipinski definition) is 1. The molecule has 0 saturated carbocycles. The Labute approximate surface area is 151 Å². The Morgan fingerprint density at radius 3 is 2.69 bits per heavy atom. The summed E-state index contributed by atoms with van der Waals surface area (Å²) in [5, 5.41) is 7.26. The highest BCUT2D eigenvalue weighted by molar-refractivity contribution is 5.94. The van der Waals surface area contributed by atoms with Gasteiger partial charge >= 0.3 is 0 Å². The average molecular weight is 349 g/mol. The van der Waals surface area contributed by atoms with Gasteiger partial charge < -0.3 is 14.8 Å². The zero-order valence-electron chi connectivity index (χ0n) is 14.2. The maximum atomic E-state index is 12.4. The molecule has 0 saturated heterocycles. The van der Waals surface area contributed by atoms with Crippen LogP contribution in [0.2, 0.25) is 0 Å². The fourth-order valence-corrected chi connectivity index (χ4v) is 2.82. The lowest BCUT2D eigenvalue weighted by molar-refractivity contribution is 0.0949. The van der Waals surface area contributed by atoms with E-state index >= 15 is 0 Å². The van der Waals surface area contributed by atoms with Gasteiger partial charge in [-0.1, -0.05) is 30.3 Å². The van der Waals surface area contributed by atoms with Crippen molar-refractivity contribution >= 4 is 5.91 Å². The van der Waals surface area contributed by atoms with Gasteiger partial charge in [0.2, 0.25) is 0 Å². The number of aromatic nitrogens is 2. The molecule has 0 unspecified atom stereocenters. The lowest BCUT2D eigenvalue weighted by Gasteiger charge is -2.18. The van der Waals surface area contributed by atoms with Gasteiger partial charge in [-0.2, -0.15) is 5.10 Å². The standard InChI is InChI=1S/C20H19N3O3/c24-20(17-6-7-18-19(10-17)26-9-8-25-18)21-11-16-12-22-23(14-16)13-15-4-2-1-3-5-15/h1-7,10,12,14H,8-9,11,13H2,(H,21,24). The second-order valence-corrected chi connectivity index (χ2v) is 6.07. The summed E-state index contributed by atoms with van der Waals surface area (Å²) in [4.78, 5) is 12.4. The quantitative estimate of drug-likeness (QED) is 0.769. The summed E-state index contributed by atoms with van der Waals surface area (Å²) in [6, 6.07) is 15.3. The topological polar surface area (TPSA) is 65.4 Å². The second kappa shape index (κ2) is 7.31. The first-order valence-corrected chi connectivity index (χ1v) is 8.51. The molecule has 0 radical (unpaired) electrons. The molecule has 1 aromatic heterocycles. The van der Waals surface area contributed by atoms with Crippen molar-refractivity contribution < 1.29 is 14.3 Å². The summed E-state index contributed by atoms with van der Waals surface area (Å²) >= 11 is 0. The number of amides is 1. The highest BCUT2D eigenvalue weighted by atomic mass is 16.6. The van der Waals surface area contributed by atoms with Gasteiger partial charge in [-0.25, -0.2) is 0 Å². The van der Waals surface area contributed by atoms with Gasteiger partial charge in [-0.3, -0.25) is 9.48 Å². The zero-order valence-corrected chi connectivity index (χ0v) is 14.2. The molecule has 0 aliphatic carbocycles. The Morgan fingerprint density at radius 1 is 1.04 bits per heavy atom. The van der Waals surface area contributed by atoms with Crippen molar-refractivity contribution in [3.05, 3.63) is 77.6 Å². The third-order valence-corrected chi connectivity index (χ3v) is 4.13. The molecule has 1 amide bonds. The average Bonchev–Trinajstić information content (AvgIpc) is 3.14. The maximum Gasteiger partial charge on any atom is 0.251 e. The van der Waals surface area contributed by atoms with E-state index in [1.54, 1.807) is 24.4 Å². The van der Waals surface area contributed by atoms with Crippen LogP contribution in [0.1, 0.15) is 21.5 Å². The molecule has 1 aliphatic rings. The number of carbonyl (C=O) groups is 1. The molecular weight excluding hydrogens is 330 g/mol. The maximum absolute atomic E-state index is 12.4. The van der Waals surface area contributed by atoms with E-state index in [-0.39, 0.29) is 5.91 Å². The van der Waals surface area contributed by atoms with E-state index in [1.165, 1.54) is 5.56 Å². The van der Waals surface area contributed by atoms with Gasteiger partial charge in [0, 0.05) is 23.9 Å². The normalized spacial score (nSPS) is 12.6. The molecule has 2 aromatic carbocycles. The van der Waals surface area contributed by atoms with Crippen molar-refractivity contribution in [2.45, 2.75) is 13.1 Å². The summed E-state index contributed by atoms with van der Waals surface area (Å²) in [7, 11) is 0. The van der Waals surface area contributed by atoms with E-state index < -0.39 is 0 Å². The van der Waals surface area contributed by atoms with Crippen LogP contribution in [0.15, 0.2) is 60.9 Å². The van der Waals surface area contributed by atoms with Crippen LogP contribution >= 0.6 is 0 Å². The highest BCUT2D eigenvalue weighted by Gasteiger charge is 2.15. The van der Waals surface area contributed by atoms with Crippen LogP contribution in [0.5, 0.6) is 11.5 Å². The van der Waals surface area contributed by atoms with E-state index in [9.17, 15) is 4.79 Å². The van der Waals surface area contributed by atoms with Gasteiger partial charge in [0.05, 0.1) is 12.7 Å². The minimum Gasteiger partial charge on any atom is -0.486 e. The lowest BCUT2D eigenvalue weighted by atomic mass is 10.1. The number of ether oxygens (including phenoxy) is 2. The zero-order chi connectivity index (χ0) is 17.8. The van der Waals surface area contributed by atoms with Crippen LogP contribution in [0.4, 0.5) is 0 Å². The number of benzene rings is 2. The SMILES string of the molecule is O=C(NCc1cnn(Cc2ccccc2)c1)c1ccc2c(c1)OCCO2. The molecule has 6 heteroatoms. The molecule has 0 atom stereocenters. The van der Waals surface area contributed by atoms with Crippen LogP contribution in [0, 0.1) is 0 Å². The Hall–Kier alpha value is -3.28. The number of hydrogen-bond acceptors (Lipinski definition) is 4. The molecule has 3 aromatic rings. The summed E-state index contributed by atoms with van der Waals surface area (Å²) in [6.07, 6.45) is 3.71. The minimum atomic E-state index is -0.155. The molecular formula is C20H19N3O3. The van der Waals surface area contributed by atoms with Crippen molar-refractivity contribution in [2.75, 3.05) is 13.2 Å². The highest BCUT2D eigenvalue weighted by Crippen LogP contribution is 2.30. The smallest absolute Gasteiger partial charge is 0.251 e. The van der Waals surface area contributed by atoms with Crippen molar-refractivity contribution in [3.63, 3.8) is 0 Å². The predicted octanol–water partition coefficient (Wildman–Crippen LogP) is 2.63. The van der Waals surface area contributed by atoms with E-state index in [4.69, 9.17) is 9.47 Å². The van der Waals surface area contributed by atoms with Crippen LogP contribution in [0.3, 0.4) is 0 Å². The summed E-state index contributed by atoms with van der Waals surface area (Å²) in [6.45, 7) is 2.16. The number of nitrogens with zero attached hydrogens (tertiary/aromatic N) is 2. The fraction of sp³-hybridized carbons (Fsp3) is 0.200. The molecule has 2 heterocycles. The lowest BCUT2D eigenvalue weighted by Crippen LogP contribution is -2.23. The van der Waals surface area contributed by atoms with Gasteiger partial charge in [0.1, 0.15) is 13.2 Å². The molecule has 0 bridgehead atoms. The number of rotatable bonds is 5. The number of fused-ring (bicyclic) bond motifs is 1. The van der Waals surface area contributed by atoms with Gasteiger partial charge in [-0.05, 0) is 23.8 Å². The second-order valence-electron chi connectivity index (χ2n) is 6.07. The van der Waals surface area contributed by atoms with Crippen molar-refractivity contribution in [1.29, 1.82) is 0 Å². The van der Waals surface area contributed by atoms with E-state index in [0.29, 0.717) is 43.4 Å². The number of nitrogens with one attached hydrogen (secondary N) is 1. The largest absolute Gasteiger partial charge is 0.486 e. The van der Waals surface area contributed by atoms with Crippen LogP contribution in [0.25, 0.3) is 0 Å². The van der Waals surface area contributed by atoms with Gasteiger partial charge in [0.25, 0.3) is 5.91 Å². The fourth-order valence-electron chi connectivity index (χ4n) is 2.82. The van der Waals surface area contributed by atoms with Gasteiger partial charge in [-0.15, -0.1) is 0 Å². The first kappa shape index (κ1) is 16.2. The molecule has 132 valence electrons. The van der Waals surface area contributed by atoms with Gasteiger partial charge in [0.15, 0.2) is 11.5 Å². The first-order chi connectivity index (χ1) is 12.8. The van der Waals surface area contributed by atoms with Crippen molar-refractivity contribution in [2.24, 2.45) is 0 Å². The Morgan fingerprint density at radius 2 is 1.85 bits per heavy atom. The number of carbonyl (C=O) groups excluding carboxylic acids is 1. The summed E-state index contributed by atoms with van der Waals surface area (Å²) in [5.74, 6) is 1.13. The third-order valence-electron chi connectivity index (χ3n) is 4.13. The van der Waals surface area contributed by atoms with Crippen molar-refractivity contribution in [1.82, 2.24) is 15.1 Å². The van der Waals surface area contributed by atoms with E-state index in [2.05, 4.69) is 22.5 Å². The molecule has 26 heavy (non-hydrogen) atoms. The van der Waals surface area contributed by atoms with Crippen LogP contribution in [-0.4, -0.2) is 28.9 Å². The molecule has 4 rings (SSSR count). The van der Waals surface area contributed by atoms with Crippen LogP contribution < -0.4 is 14.8 Å².